The number of benzene rings is 2. The number of anilines is 1. The van der Waals surface area contributed by atoms with Crippen molar-refractivity contribution in [1.29, 1.82) is 0 Å². The maximum atomic E-state index is 11.9. The summed E-state index contributed by atoms with van der Waals surface area (Å²) in [5.41, 5.74) is 6.24. The fourth-order valence-corrected chi connectivity index (χ4v) is 3.27. The summed E-state index contributed by atoms with van der Waals surface area (Å²) in [7, 11) is 0. The van der Waals surface area contributed by atoms with Crippen LogP contribution in [0.3, 0.4) is 0 Å². The first-order valence-electron chi connectivity index (χ1n) is 6.63. The third-order valence-corrected chi connectivity index (χ3v) is 4.91. The van der Waals surface area contributed by atoms with E-state index in [1.165, 1.54) is 0 Å². The lowest BCUT2D eigenvalue weighted by molar-refractivity contribution is -0.115. The molecule has 0 aliphatic rings. The second kappa shape index (κ2) is 8.00. The van der Waals surface area contributed by atoms with Gasteiger partial charge in [-0.1, -0.05) is 12.1 Å². The summed E-state index contributed by atoms with van der Waals surface area (Å²) in [6, 6.07) is 14.4. The number of carbonyl (C=O) groups is 2. The Balaban J connectivity index is 1.80. The molecule has 0 bridgehead atoms. The summed E-state index contributed by atoms with van der Waals surface area (Å²) in [4.78, 5) is 24.0. The van der Waals surface area contributed by atoms with Crippen LogP contribution in [0.4, 0.5) is 5.69 Å². The van der Waals surface area contributed by atoms with Gasteiger partial charge in [-0.15, -0.1) is 11.8 Å². The first kappa shape index (κ1) is 16.6. The fraction of sp³-hybridized carbons (Fsp3) is 0.125. The maximum absolute atomic E-state index is 11.9. The second-order valence-electron chi connectivity index (χ2n) is 4.52. The number of nitrogens with two attached hydrogens (primary N) is 1. The zero-order valence-corrected chi connectivity index (χ0v) is 14.1. The molecule has 0 radical (unpaired) electrons. The van der Waals surface area contributed by atoms with E-state index < -0.39 is 5.91 Å². The number of thioether (sulfide) groups is 1. The van der Waals surface area contributed by atoms with Gasteiger partial charge in [0.1, 0.15) is 0 Å². The Morgan fingerprint density at radius 2 is 1.77 bits per heavy atom. The molecule has 3 N–H and O–H groups in total. The van der Waals surface area contributed by atoms with Crippen molar-refractivity contribution >= 4 is 45.2 Å². The fourth-order valence-electron chi connectivity index (χ4n) is 1.76. The predicted molar refractivity (Wildman–Crippen MR) is 93.1 cm³/mol. The lowest BCUT2D eigenvalue weighted by Gasteiger charge is -2.06. The molecule has 6 heteroatoms. The highest BCUT2D eigenvalue weighted by molar-refractivity contribution is 9.10. The van der Waals surface area contributed by atoms with Gasteiger partial charge < -0.3 is 11.1 Å². The molecule has 2 aromatic rings. The third-order valence-electron chi connectivity index (χ3n) is 2.88. The molecule has 0 spiro atoms. The van der Waals surface area contributed by atoms with E-state index in [2.05, 4.69) is 21.2 Å². The van der Waals surface area contributed by atoms with Crippen LogP contribution in [0, 0.1) is 0 Å². The molecule has 114 valence electrons. The van der Waals surface area contributed by atoms with Crippen LogP contribution in [-0.4, -0.2) is 17.6 Å². The number of hydrogen-bond acceptors (Lipinski definition) is 3. The molecule has 0 heterocycles. The smallest absolute Gasteiger partial charge is 0.248 e. The molecular formula is C16H15BrN2O2S. The van der Waals surface area contributed by atoms with E-state index in [-0.39, 0.29) is 5.91 Å². The van der Waals surface area contributed by atoms with Crippen LogP contribution in [0.15, 0.2) is 57.9 Å². The zero-order valence-electron chi connectivity index (χ0n) is 11.7. The Labute approximate surface area is 141 Å². The lowest BCUT2D eigenvalue weighted by Crippen LogP contribution is -2.13. The first-order valence-corrected chi connectivity index (χ1v) is 8.41. The van der Waals surface area contributed by atoms with Crippen molar-refractivity contribution in [1.82, 2.24) is 0 Å². The number of primary amides is 1. The summed E-state index contributed by atoms with van der Waals surface area (Å²) in [6.07, 6.45) is 0.406. The van der Waals surface area contributed by atoms with Gasteiger partial charge in [0.15, 0.2) is 0 Å². The van der Waals surface area contributed by atoms with Gasteiger partial charge >= 0.3 is 0 Å². The highest BCUT2D eigenvalue weighted by Crippen LogP contribution is 2.27. The maximum Gasteiger partial charge on any atom is 0.248 e. The minimum absolute atomic E-state index is 0.0635. The highest BCUT2D eigenvalue weighted by atomic mass is 79.9. The number of rotatable bonds is 6. The van der Waals surface area contributed by atoms with Gasteiger partial charge in [-0.3, -0.25) is 9.59 Å². The van der Waals surface area contributed by atoms with Crippen molar-refractivity contribution < 1.29 is 9.59 Å². The van der Waals surface area contributed by atoms with Gasteiger partial charge in [0.2, 0.25) is 11.8 Å². The lowest BCUT2D eigenvalue weighted by atomic mass is 10.2. The molecule has 0 aromatic heterocycles. The molecule has 0 saturated carbocycles. The molecule has 0 aliphatic carbocycles. The topological polar surface area (TPSA) is 72.2 Å². The van der Waals surface area contributed by atoms with Crippen molar-refractivity contribution in [2.24, 2.45) is 5.73 Å². The van der Waals surface area contributed by atoms with Crippen molar-refractivity contribution in [3.8, 4) is 0 Å². The van der Waals surface area contributed by atoms with Crippen LogP contribution in [0.25, 0.3) is 0 Å². The van der Waals surface area contributed by atoms with E-state index in [4.69, 9.17) is 5.73 Å². The predicted octanol–water partition coefficient (Wildman–Crippen LogP) is 3.67. The van der Waals surface area contributed by atoms with Gasteiger partial charge in [-0.25, -0.2) is 0 Å². The average molecular weight is 379 g/mol. The largest absolute Gasteiger partial charge is 0.366 e. The van der Waals surface area contributed by atoms with Gasteiger partial charge in [0.05, 0.1) is 0 Å². The molecule has 4 nitrogen and oxygen atoms in total. The van der Waals surface area contributed by atoms with E-state index >= 15 is 0 Å². The minimum atomic E-state index is -0.484. The monoisotopic (exact) mass is 378 g/mol. The van der Waals surface area contributed by atoms with Crippen LogP contribution in [0.1, 0.15) is 16.8 Å². The summed E-state index contributed by atoms with van der Waals surface area (Å²) in [5, 5.41) is 2.79. The molecule has 0 unspecified atom stereocenters. The van der Waals surface area contributed by atoms with Crippen LogP contribution in [0.2, 0.25) is 0 Å². The molecule has 2 rings (SSSR count). The summed E-state index contributed by atoms with van der Waals surface area (Å²) >= 11 is 5.10. The van der Waals surface area contributed by atoms with Crippen molar-refractivity contribution in [2.45, 2.75) is 11.3 Å². The van der Waals surface area contributed by atoms with E-state index in [0.29, 0.717) is 23.4 Å². The van der Waals surface area contributed by atoms with Crippen molar-refractivity contribution in [3.63, 3.8) is 0 Å². The minimum Gasteiger partial charge on any atom is -0.366 e. The third kappa shape index (κ3) is 4.89. The number of hydrogen-bond donors (Lipinski definition) is 2. The van der Waals surface area contributed by atoms with Crippen LogP contribution >= 0.6 is 27.7 Å². The second-order valence-corrected chi connectivity index (χ2v) is 6.51. The van der Waals surface area contributed by atoms with Gasteiger partial charge in [0, 0.05) is 32.8 Å². The first-order chi connectivity index (χ1) is 10.6. The molecule has 0 fully saturated rings. The SMILES string of the molecule is NC(=O)c1ccc(NC(=O)CCSc2ccccc2Br)cc1. The molecule has 0 saturated heterocycles. The van der Waals surface area contributed by atoms with Crippen LogP contribution in [0.5, 0.6) is 0 Å². The Morgan fingerprint density at radius 3 is 2.41 bits per heavy atom. The van der Waals surface area contributed by atoms with E-state index in [1.54, 1.807) is 36.0 Å². The average Bonchev–Trinajstić information content (AvgIpc) is 2.50. The highest BCUT2D eigenvalue weighted by Gasteiger charge is 2.05. The van der Waals surface area contributed by atoms with Gasteiger partial charge in [0.25, 0.3) is 0 Å². The molecule has 2 aromatic carbocycles. The Bertz CT molecular complexity index is 674. The van der Waals surface area contributed by atoms with E-state index in [0.717, 1.165) is 9.37 Å². The molecule has 22 heavy (non-hydrogen) atoms. The molecular weight excluding hydrogens is 364 g/mol. The molecule has 0 atom stereocenters. The van der Waals surface area contributed by atoms with Crippen molar-refractivity contribution in [3.05, 3.63) is 58.6 Å². The number of carbonyl (C=O) groups excluding carboxylic acids is 2. The number of halogens is 1. The standard InChI is InChI=1S/C16H15BrN2O2S/c17-13-3-1-2-4-14(13)22-10-9-15(20)19-12-7-5-11(6-8-12)16(18)21/h1-8H,9-10H2,(H2,18,21)(H,19,20). The van der Waals surface area contributed by atoms with Crippen molar-refractivity contribution in [2.75, 3.05) is 11.1 Å². The van der Waals surface area contributed by atoms with E-state index in [9.17, 15) is 9.59 Å². The van der Waals surface area contributed by atoms with Crippen LogP contribution < -0.4 is 11.1 Å². The number of nitrogens with one attached hydrogen (secondary N) is 1. The van der Waals surface area contributed by atoms with Gasteiger partial charge in [-0.2, -0.15) is 0 Å². The molecule has 0 aliphatic heterocycles. The summed E-state index contributed by atoms with van der Waals surface area (Å²) in [6.45, 7) is 0. The van der Waals surface area contributed by atoms with E-state index in [1.807, 2.05) is 24.3 Å². The van der Waals surface area contributed by atoms with Gasteiger partial charge in [-0.05, 0) is 52.3 Å². The summed E-state index contributed by atoms with van der Waals surface area (Å²) < 4.78 is 1.03. The quantitative estimate of drug-likeness (QED) is 0.753. The Kier molecular flexibility index (Phi) is 6.03. The van der Waals surface area contributed by atoms with Crippen LogP contribution in [-0.2, 0) is 4.79 Å². The zero-order chi connectivity index (χ0) is 15.9. The Morgan fingerprint density at radius 1 is 1.09 bits per heavy atom. The normalized spacial score (nSPS) is 10.2. The Hall–Kier alpha value is -1.79. The molecule has 2 amide bonds. The summed E-state index contributed by atoms with van der Waals surface area (Å²) in [5.74, 6) is 0.141. The number of amides is 2.